The molecule has 0 radical (unpaired) electrons. The quantitative estimate of drug-likeness (QED) is 0.825. The molecule has 2 atom stereocenters. The summed E-state index contributed by atoms with van der Waals surface area (Å²) >= 11 is 0. The van der Waals surface area contributed by atoms with Gasteiger partial charge in [-0.25, -0.2) is 0 Å². The fraction of sp³-hybridized carbons (Fsp3) is 1.00. The summed E-state index contributed by atoms with van der Waals surface area (Å²) in [4.78, 5) is 5.32. The van der Waals surface area contributed by atoms with Gasteiger partial charge in [-0.1, -0.05) is 19.8 Å². The summed E-state index contributed by atoms with van der Waals surface area (Å²) in [5, 5.41) is 0. The maximum atomic E-state index is 6.20. The van der Waals surface area contributed by atoms with Crippen LogP contribution in [0, 0.1) is 5.41 Å². The highest BCUT2D eigenvalue weighted by molar-refractivity contribution is 4.93. The van der Waals surface area contributed by atoms with Gasteiger partial charge in [0.2, 0.25) is 0 Å². The Bertz CT molecular complexity index is 298. The van der Waals surface area contributed by atoms with Crippen molar-refractivity contribution in [3.05, 3.63) is 0 Å². The fourth-order valence-electron chi connectivity index (χ4n) is 3.96. The first-order valence-electron chi connectivity index (χ1n) is 7.97. The van der Waals surface area contributed by atoms with Crippen molar-refractivity contribution >= 4 is 0 Å². The molecule has 0 bridgehead atoms. The van der Waals surface area contributed by atoms with Gasteiger partial charge in [0, 0.05) is 50.2 Å². The van der Waals surface area contributed by atoms with Crippen molar-refractivity contribution in [2.24, 2.45) is 11.1 Å². The summed E-state index contributed by atoms with van der Waals surface area (Å²) in [6.07, 6.45) is 5.73. The van der Waals surface area contributed by atoms with E-state index >= 15 is 0 Å². The molecular weight excluding hydrogens is 238 g/mol. The molecule has 0 aromatic rings. The van der Waals surface area contributed by atoms with E-state index in [-0.39, 0.29) is 11.5 Å². The third kappa shape index (κ3) is 2.97. The van der Waals surface area contributed by atoms with Crippen molar-refractivity contribution in [3.8, 4) is 0 Å². The van der Waals surface area contributed by atoms with Crippen LogP contribution in [0.3, 0.4) is 0 Å². The Kier molecular flexibility index (Phi) is 4.13. The molecule has 1 aliphatic carbocycles. The summed E-state index contributed by atoms with van der Waals surface area (Å²) in [6, 6.07) is 1.09. The van der Waals surface area contributed by atoms with Gasteiger partial charge in [0.05, 0.1) is 13.2 Å². The van der Waals surface area contributed by atoms with Gasteiger partial charge in [-0.15, -0.1) is 0 Å². The van der Waals surface area contributed by atoms with E-state index in [1.807, 2.05) is 0 Å². The molecule has 0 amide bonds. The lowest BCUT2D eigenvalue weighted by Gasteiger charge is -2.41. The van der Waals surface area contributed by atoms with Gasteiger partial charge in [-0.2, -0.15) is 0 Å². The van der Waals surface area contributed by atoms with Crippen molar-refractivity contribution in [1.82, 2.24) is 9.80 Å². The van der Waals surface area contributed by atoms with Gasteiger partial charge >= 0.3 is 0 Å². The topological polar surface area (TPSA) is 41.7 Å². The molecule has 4 nitrogen and oxygen atoms in total. The number of rotatable bonds is 3. The van der Waals surface area contributed by atoms with Crippen LogP contribution in [0.25, 0.3) is 0 Å². The third-order valence-electron chi connectivity index (χ3n) is 5.46. The summed E-state index contributed by atoms with van der Waals surface area (Å²) in [5.41, 5.74) is 6.36. The zero-order chi connectivity index (χ0) is 13.3. The number of ether oxygens (including phenoxy) is 1. The lowest BCUT2D eigenvalue weighted by Crippen LogP contribution is -2.54. The van der Waals surface area contributed by atoms with E-state index in [0.29, 0.717) is 0 Å². The highest BCUT2D eigenvalue weighted by Crippen LogP contribution is 2.29. The molecule has 0 spiro atoms. The molecule has 4 heteroatoms. The Morgan fingerprint density at radius 2 is 1.84 bits per heavy atom. The van der Waals surface area contributed by atoms with Crippen molar-refractivity contribution in [1.29, 1.82) is 0 Å². The van der Waals surface area contributed by atoms with Crippen LogP contribution in [0.2, 0.25) is 0 Å². The van der Waals surface area contributed by atoms with E-state index in [2.05, 4.69) is 16.7 Å². The van der Waals surface area contributed by atoms with Crippen LogP contribution in [-0.4, -0.2) is 67.8 Å². The maximum Gasteiger partial charge on any atom is 0.0624 e. The number of hydrogen-bond donors (Lipinski definition) is 1. The van der Waals surface area contributed by atoms with Gasteiger partial charge in [-0.3, -0.25) is 4.90 Å². The first-order chi connectivity index (χ1) is 9.17. The molecule has 2 N–H and O–H groups in total. The van der Waals surface area contributed by atoms with Gasteiger partial charge in [0.25, 0.3) is 0 Å². The molecule has 3 fully saturated rings. The maximum absolute atomic E-state index is 6.20. The highest BCUT2D eigenvalue weighted by Gasteiger charge is 2.39. The number of hydrogen-bond acceptors (Lipinski definition) is 4. The summed E-state index contributed by atoms with van der Waals surface area (Å²) in [7, 11) is 0. The smallest absolute Gasteiger partial charge is 0.0624 e. The SMILES string of the molecule is CC1(CN2CCN(C3CCCC3)CC2)COCC1N. The van der Waals surface area contributed by atoms with Crippen LogP contribution < -0.4 is 5.73 Å². The number of nitrogens with two attached hydrogens (primary N) is 1. The van der Waals surface area contributed by atoms with E-state index in [1.165, 1.54) is 51.9 Å². The minimum Gasteiger partial charge on any atom is -0.379 e. The lowest BCUT2D eigenvalue weighted by atomic mass is 9.85. The second kappa shape index (κ2) is 5.68. The normalized spacial score (nSPS) is 39.2. The number of piperazine rings is 1. The summed E-state index contributed by atoms with van der Waals surface area (Å²) in [5.74, 6) is 0. The summed E-state index contributed by atoms with van der Waals surface area (Å²) in [6.45, 7) is 9.86. The molecular formula is C15H29N3O. The first kappa shape index (κ1) is 13.8. The van der Waals surface area contributed by atoms with E-state index < -0.39 is 0 Å². The van der Waals surface area contributed by atoms with Crippen LogP contribution >= 0.6 is 0 Å². The standard InChI is InChI=1S/C15H29N3O/c1-15(12-19-10-14(15)16)11-17-6-8-18(9-7-17)13-4-2-3-5-13/h13-14H,2-12,16H2,1H3. The van der Waals surface area contributed by atoms with Gasteiger partial charge in [-0.05, 0) is 12.8 Å². The zero-order valence-electron chi connectivity index (χ0n) is 12.3. The predicted octanol–water partition coefficient (Wildman–Crippen LogP) is 0.910. The zero-order valence-corrected chi connectivity index (χ0v) is 12.3. The fourth-order valence-corrected chi connectivity index (χ4v) is 3.96. The van der Waals surface area contributed by atoms with Crippen LogP contribution in [0.15, 0.2) is 0 Å². The molecule has 0 aromatic heterocycles. The molecule has 3 rings (SSSR count). The van der Waals surface area contributed by atoms with Crippen LogP contribution in [0.1, 0.15) is 32.6 Å². The first-order valence-corrected chi connectivity index (χ1v) is 7.97. The van der Waals surface area contributed by atoms with Crippen LogP contribution in [0.4, 0.5) is 0 Å². The largest absolute Gasteiger partial charge is 0.379 e. The molecule has 2 aliphatic heterocycles. The second-order valence-electron chi connectivity index (χ2n) is 7.03. The third-order valence-corrected chi connectivity index (χ3v) is 5.46. The molecule has 110 valence electrons. The van der Waals surface area contributed by atoms with Crippen LogP contribution in [-0.2, 0) is 4.74 Å². The van der Waals surface area contributed by atoms with E-state index in [1.54, 1.807) is 0 Å². The molecule has 2 unspecified atom stereocenters. The van der Waals surface area contributed by atoms with Crippen molar-refractivity contribution in [3.63, 3.8) is 0 Å². The lowest BCUT2D eigenvalue weighted by molar-refractivity contribution is 0.0598. The minimum atomic E-state index is 0.162. The Morgan fingerprint density at radius 3 is 2.42 bits per heavy atom. The van der Waals surface area contributed by atoms with Crippen molar-refractivity contribution < 1.29 is 4.74 Å². The Hall–Kier alpha value is -0.160. The number of nitrogens with zero attached hydrogens (tertiary/aromatic N) is 2. The van der Waals surface area contributed by atoms with E-state index in [0.717, 1.165) is 25.8 Å². The average molecular weight is 267 g/mol. The van der Waals surface area contributed by atoms with E-state index in [4.69, 9.17) is 10.5 Å². The van der Waals surface area contributed by atoms with E-state index in [9.17, 15) is 0 Å². The molecule has 2 heterocycles. The Morgan fingerprint density at radius 1 is 1.16 bits per heavy atom. The van der Waals surface area contributed by atoms with Crippen LogP contribution in [0.5, 0.6) is 0 Å². The average Bonchev–Trinajstić information content (AvgIpc) is 3.02. The van der Waals surface area contributed by atoms with Gasteiger partial charge in [0.1, 0.15) is 0 Å². The van der Waals surface area contributed by atoms with Gasteiger partial charge < -0.3 is 15.4 Å². The summed E-state index contributed by atoms with van der Waals surface area (Å²) < 4.78 is 5.55. The molecule has 19 heavy (non-hydrogen) atoms. The van der Waals surface area contributed by atoms with Crippen molar-refractivity contribution in [2.75, 3.05) is 45.9 Å². The predicted molar refractivity (Wildman–Crippen MR) is 77.2 cm³/mol. The molecule has 0 aromatic carbocycles. The Labute approximate surface area is 117 Å². The monoisotopic (exact) mass is 267 g/mol. The molecule has 1 saturated carbocycles. The van der Waals surface area contributed by atoms with Crippen molar-refractivity contribution in [2.45, 2.75) is 44.7 Å². The highest BCUT2D eigenvalue weighted by atomic mass is 16.5. The second-order valence-corrected chi connectivity index (χ2v) is 7.03. The minimum absolute atomic E-state index is 0.162. The molecule has 2 saturated heterocycles. The molecule has 3 aliphatic rings. The van der Waals surface area contributed by atoms with Gasteiger partial charge in [0.15, 0.2) is 0 Å². The Balaban J connectivity index is 1.47.